The molecule has 1 aromatic rings. The van der Waals surface area contributed by atoms with Crippen molar-refractivity contribution >= 4 is 59.1 Å². The van der Waals surface area contributed by atoms with Crippen LogP contribution in [-0.4, -0.2) is 0 Å². The lowest BCUT2D eigenvalue weighted by atomic mass is 9.72. The predicted molar refractivity (Wildman–Crippen MR) is 82.6 cm³/mol. The van der Waals surface area contributed by atoms with Crippen molar-refractivity contribution in [3.05, 3.63) is 19.2 Å². The van der Waals surface area contributed by atoms with Crippen LogP contribution in [0.5, 0.6) is 0 Å². The monoisotopic (exact) mass is 428 g/mol. The van der Waals surface area contributed by atoms with Gasteiger partial charge in [0.05, 0.1) is 7.57 Å². The topological polar surface area (TPSA) is 0 Å². The number of halogens is 3. The smallest absolute Gasteiger partial charge is 0.0754 e. The Morgan fingerprint density at radius 3 is 2.38 bits per heavy atom. The SMILES string of the molecule is CC1(C(Br)c2cc(Br)sc2Br)CCCCC1. The molecule has 16 heavy (non-hydrogen) atoms. The van der Waals surface area contributed by atoms with Gasteiger partial charge >= 0.3 is 0 Å². The average molecular weight is 431 g/mol. The molecule has 1 heterocycles. The Kier molecular flexibility index (Phi) is 4.59. The lowest BCUT2D eigenvalue weighted by molar-refractivity contribution is 0.213. The fraction of sp³-hybridized carbons (Fsp3) is 0.667. The number of rotatable bonds is 2. The van der Waals surface area contributed by atoms with Crippen LogP contribution in [0.15, 0.2) is 13.6 Å². The Labute approximate surface area is 127 Å². The van der Waals surface area contributed by atoms with Crippen LogP contribution in [0.1, 0.15) is 49.4 Å². The zero-order chi connectivity index (χ0) is 11.8. The molecule has 0 aliphatic heterocycles. The molecule has 90 valence electrons. The van der Waals surface area contributed by atoms with Gasteiger partial charge in [-0.2, -0.15) is 0 Å². The van der Waals surface area contributed by atoms with Gasteiger partial charge in [-0.15, -0.1) is 11.3 Å². The number of hydrogen-bond acceptors (Lipinski definition) is 1. The van der Waals surface area contributed by atoms with Crippen molar-refractivity contribution in [2.24, 2.45) is 5.41 Å². The van der Waals surface area contributed by atoms with Gasteiger partial charge in [-0.3, -0.25) is 0 Å². The fourth-order valence-electron chi connectivity index (χ4n) is 2.51. The van der Waals surface area contributed by atoms with Gasteiger partial charge in [0.1, 0.15) is 0 Å². The maximum absolute atomic E-state index is 3.92. The van der Waals surface area contributed by atoms with E-state index in [2.05, 4.69) is 60.8 Å². The van der Waals surface area contributed by atoms with E-state index in [1.54, 1.807) is 11.3 Å². The van der Waals surface area contributed by atoms with E-state index in [0.29, 0.717) is 10.2 Å². The second-order valence-corrected chi connectivity index (χ2v) is 9.52. The quantitative estimate of drug-likeness (QED) is 0.459. The van der Waals surface area contributed by atoms with Crippen molar-refractivity contribution in [2.75, 3.05) is 0 Å². The molecule has 0 spiro atoms. The van der Waals surface area contributed by atoms with Crippen molar-refractivity contribution < 1.29 is 0 Å². The third-order valence-corrected chi connectivity index (χ3v) is 7.55. The summed E-state index contributed by atoms with van der Waals surface area (Å²) in [5.74, 6) is 0. The molecule has 0 saturated heterocycles. The summed E-state index contributed by atoms with van der Waals surface area (Å²) < 4.78 is 2.46. The molecule has 1 aliphatic carbocycles. The van der Waals surface area contributed by atoms with Crippen LogP contribution in [0.25, 0.3) is 0 Å². The lowest BCUT2D eigenvalue weighted by Gasteiger charge is -2.38. The van der Waals surface area contributed by atoms with Crippen LogP contribution < -0.4 is 0 Å². The molecule has 1 atom stereocenters. The fourth-order valence-corrected chi connectivity index (χ4v) is 6.69. The van der Waals surface area contributed by atoms with Crippen LogP contribution >= 0.6 is 59.1 Å². The first-order valence-corrected chi connectivity index (χ1v) is 8.93. The molecular formula is C12H15Br3S. The minimum atomic E-state index is 0.418. The van der Waals surface area contributed by atoms with Crippen molar-refractivity contribution in [1.29, 1.82) is 0 Å². The van der Waals surface area contributed by atoms with Gasteiger partial charge in [-0.25, -0.2) is 0 Å². The van der Waals surface area contributed by atoms with E-state index in [4.69, 9.17) is 0 Å². The lowest BCUT2D eigenvalue weighted by Crippen LogP contribution is -2.24. The molecular weight excluding hydrogens is 416 g/mol. The third-order valence-electron chi connectivity index (χ3n) is 3.56. The second kappa shape index (κ2) is 5.41. The van der Waals surface area contributed by atoms with Crippen molar-refractivity contribution in [3.8, 4) is 0 Å². The van der Waals surface area contributed by atoms with Crippen LogP contribution in [0.2, 0.25) is 0 Å². The normalized spacial score (nSPS) is 22.0. The van der Waals surface area contributed by atoms with Gasteiger partial charge < -0.3 is 0 Å². The maximum Gasteiger partial charge on any atom is 0.0754 e. The minimum Gasteiger partial charge on any atom is -0.121 e. The number of alkyl halides is 1. The summed E-state index contributed by atoms with van der Waals surface area (Å²) in [6.45, 7) is 2.42. The molecule has 0 amide bonds. The number of thiophene rings is 1. The molecule has 0 aromatic carbocycles. The molecule has 1 saturated carbocycles. The summed E-state index contributed by atoms with van der Waals surface area (Å²) in [6, 6.07) is 2.24. The standard InChI is InChI=1S/C12H15Br3S/c1-12(5-3-2-4-6-12)10(14)8-7-9(13)16-11(8)15/h7,10H,2-6H2,1H3. The predicted octanol–water partition coefficient (Wildman–Crippen LogP) is 6.68. The zero-order valence-electron chi connectivity index (χ0n) is 9.23. The first-order valence-electron chi connectivity index (χ1n) is 5.62. The highest BCUT2D eigenvalue weighted by atomic mass is 79.9. The van der Waals surface area contributed by atoms with Gasteiger partial charge in [0.2, 0.25) is 0 Å². The van der Waals surface area contributed by atoms with Crippen molar-refractivity contribution in [1.82, 2.24) is 0 Å². The van der Waals surface area contributed by atoms with Crippen molar-refractivity contribution in [3.63, 3.8) is 0 Å². The zero-order valence-corrected chi connectivity index (χ0v) is 14.8. The molecule has 0 bridgehead atoms. The van der Waals surface area contributed by atoms with E-state index in [0.717, 1.165) is 0 Å². The Hall–Kier alpha value is 1.14. The maximum atomic E-state index is 3.92. The molecule has 0 radical (unpaired) electrons. The van der Waals surface area contributed by atoms with Gasteiger partial charge in [0, 0.05) is 4.83 Å². The summed E-state index contributed by atoms with van der Waals surface area (Å²) in [7, 11) is 0. The Balaban J connectivity index is 2.23. The summed E-state index contributed by atoms with van der Waals surface area (Å²) >= 11 is 12.9. The molecule has 0 N–H and O–H groups in total. The Bertz CT molecular complexity index is 366. The summed E-state index contributed by atoms with van der Waals surface area (Å²) in [6.07, 6.45) is 6.83. The largest absolute Gasteiger partial charge is 0.121 e. The first-order chi connectivity index (χ1) is 7.53. The van der Waals surface area contributed by atoms with Crippen molar-refractivity contribution in [2.45, 2.75) is 43.9 Å². The van der Waals surface area contributed by atoms with E-state index in [-0.39, 0.29) is 0 Å². The van der Waals surface area contributed by atoms with Crippen LogP contribution in [0, 0.1) is 5.41 Å². The van der Waals surface area contributed by atoms with E-state index >= 15 is 0 Å². The third kappa shape index (κ3) is 2.76. The molecule has 4 heteroatoms. The van der Waals surface area contributed by atoms with E-state index in [1.165, 1.54) is 45.2 Å². The highest BCUT2D eigenvalue weighted by Gasteiger charge is 2.36. The highest BCUT2D eigenvalue weighted by Crippen LogP contribution is 2.53. The van der Waals surface area contributed by atoms with E-state index < -0.39 is 0 Å². The molecule has 1 unspecified atom stereocenters. The van der Waals surface area contributed by atoms with Crippen LogP contribution in [0.4, 0.5) is 0 Å². The average Bonchev–Trinajstić information content (AvgIpc) is 2.58. The Morgan fingerprint density at radius 1 is 1.25 bits per heavy atom. The van der Waals surface area contributed by atoms with Crippen LogP contribution in [0.3, 0.4) is 0 Å². The number of hydrogen-bond donors (Lipinski definition) is 0. The summed E-state index contributed by atoms with van der Waals surface area (Å²) in [5.41, 5.74) is 1.82. The second-order valence-electron chi connectivity index (χ2n) is 4.86. The van der Waals surface area contributed by atoms with Crippen LogP contribution in [-0.2, 0) is 0 Å². The van der Waals surface area contributed by atoms with E-state index in [9.17, 15) is 0 Å². The molecule has 2 rings (SSSR count). The Morgan fingerprint density at radius 2 is 1.88 bits per heavy atom. The molecule has 1 fully saturated rings. The molecule has 0 nitrogen and oxygen atoms in total. The molecule has 1 aromatic heterocycles. The minimum absolute atomic E-state index is 0.418. The highest BCUT2D eigenvalue weighted by molar-refractivity contribution is 9.12. The van der Waals surface area contributed by atoms with Gasteiger partial charge in [0.25, 0.3) is 0 Å². The van der Waals surface area contributed by atoms with E-state index in [1.807, 2.05) is 0 Å². The van der Waals surface area contributed by atoms with Gasteiger partial charge in [-0.05, 0) is 61.7 Å². The summed E-state index contributed by atoms with van der Waals surface area (Å²) in [5, 5.41) is 0. The molecule has 1 aliphatic rings. The van der Waals surface area contributed by atoms with Gasteiger partial charge in [-0.1, -0.05) is 42.1 Å². The summed E-state index contributed by atoms with van der Waals surface area (Å²) in [4.78, 5) is 0.470. The van der Waals surface area contributed by atoms with Gasteiger partial charge in [0.15, 0.2) is 0 Å². The first kappa shape index (κ1) is 13.6.